The summed E-state index contributed by atoms with van der Waals surface area (Å²) in [4.78, 5) is 25.3. The summed E-state index contributed by atoms with van der Waals surface area (Å²) >= 11 is 0. The summed E-state index contributed by atoms with van der Waals surface area (Å²) in [6, 6.07) is 7.64. The van der Waals surface area contributed by atoms with Gasteiger partial charge in [0.05, 0.1) is 19.6 Å². The number of sulfone groups is 1. The van der Waals surface area contributed by atoms with Crippen LogP contribution < -0.4 is 9.80 Å². The summed E-state index contributed by atoms with van der Waals surface area (Å²) in [6.07, 6.45) is 3.68. The van der Waals surface area contributed by atoms with Crippen LogP contribution >= 0.6 is 0 Å². The van der Waals surface area contributed by atoms with E-state index in [0.717, 1.165) is 37.8 Å². The van der Waals surface area contributed by atoms with Crippen LogP contribution in [-0.4, -0.2) is 44.4 Å². The fourth-order valence-electron chi connectivity index (χ4n) is 4.22. The van der Waals surface area contributed by atoms with Crippen molar-refractivity contribution in [3.63, 3.8) is 0 Å². The van der Waals surface area contributed by atoms with Crippen molar-refractivity contribution in [3.8, 4) is 0 Å². The normalized spacial score (nSPS) is 16.6. The Hall–Kier alpha value is -3.21. The van der Waals surface area contributed by atoms with Crippen molar-refractivity contribution in [1.29, 1.82) is 0 Å². The molecule has 0 atom stereocenters. The first kappa shape index (κ1) is 21.0. The number of rotatable bonds is 6. The molecule has 2 aliphatic heterocycles. The molecule has 0 bridgehead atoms. The van der Waals surface area contributed by atoms with Crippen molar-refractivity contribution < 1.29 is 18.3 Å². The van der Waals surface area contributed by atoms with Crippen LogP contribution in [0.2, 0.25) is 0 Å². The van der Waals surface area contributed by atoms with Gasteiger partial charge in [0.1, 0.15) is 11.4 Å². The van der Waals surface area contributed by atoms with Crippen LogP contribution in [0.5, 0.6) is 0 Å². The van der Waals surface area contributed by atoms with Gasteiger partial charge in [-0.1, -0.05) is 0 Å². The first-order chi connectivity index (χ1) is 14.8. The van der Waals surface area contributed by atoms with Crippen molar-refractivity contribution in [2.75, 3.05) is 36.0 Å². The minimum Gasteiger partial charge on any atom is -0.366 e. The Bertz CT molecular complexity index is 1050. The topological polar surface area (TPSA) is 127 Å². The molecule has 2 heterocycles. The fourth-order valence-corrected chi connectivity index (χ4v) is 5.52. The lowest BCUT2D eigenvalue weighted by Gasteiger charge is -2.19. The molecule has 2 saturated heterocycles. The summed E-state index contributed by atoms with van der Waals surface area (Å²) in [5.74, 6) is 0. The van der Waals surface area contributed by atoms with Crippen LogP contribution in [-0.2, 0) is 9.84 Å². The van der Waals surface area contributed by atoms with Crippen molar-refractivity contribution in [1.82, 2.24) is 0 Å². The highest BCUT2D eigenvalue weighted by atomic mass is 32.2. The van der Waals surface area contributed by atoms with E-state index in [-0.39, 0.29) is 21.2 Å². The van der Waals surface area contributed by atoms with E-state index in [2.05, 4.69) is 0 Å². The van der Waals surface area contributed by atoms with Gasteiger partial charge in [0, 0.05) is 38.3 Å². The summed E-state index contributed by atoms with van der Waals surface area (Å²) in [7, 11) is -4.18. The molecule has 31 heavy (non-hydrogen) atoms. The molecule has 11 heteroatoms. The molecule has 2 aliphatic rings. The molecule has 2 aromatic rings. The Labute approximate surface area is 179 Å². The Balaban J connectivity index is 1.76. The standard InChI is InChI=1S/C20H22N4O6S/c25-23(26)19-13-15(5-7-17(19)21-9-1-2-10-21)31(29,30)16-6-8-18(20(14-16)24(27)28)22-11-3-4-12-22/h5-8,13-14H,1-4,9-12H2. The molecule has 0 spiro atoms. The van der Waals surface area contributed by atoms with Gasteiger partial charge in [-0.05, 0) is 49.9 Å². The van der Waals surface area contributed by atoms with Gasteiger partial charge in [0.15, 0.2) is 0 Å². The van der Waals surface area contributed by atoms with Crippen LogP contribution in [0.3, 0.4) is 0 Å². The van der Waals surface area contributed by atoms with Gasteiger partial charge in [-0.3, -0.25) is 20.2 Å². The Morgan fingerprint density at radius 3 is 1.35 bits per heavy atom. The monoisotopic (exact) mass is 446 g/mol. The number of hydrogen-bond donors (Lipinski definition) is 0. The van der Waals surface area contributed by atoms with Crippen LogP contribution in [0.1, 0.15) is 25.7 Å². The second kappa shape index (κ2) is 8.14. The summed E-state index contributed by atoms with van der Waals surface area (Å²) in [6.45, 7) is 2.71. The van der Waals surface area contributed by atoms with E-state index in [9.17, 15) is 28.6 Å². The molecule has 0 aliphatic carbocycles. The molecule has 0 aromatic heterocycles. The highest BCUT2D eigenvalue weighted by Gasteiger charge is 2.29. The van der Waals surface area contributed by atoms with Crippen LogP contribution in [0.25, 0.3) is 0 Å². The SMILES string of the molecule is O=[N+]([O-])c1cc(S(=O)(=O)c2ccc(N3CCCC3)c([N+](=O)[O-])c2)ccc1N1CCCC1. The van der Waals surface area contributed by atoms with Crippen molar-refractivity contribution in [3.05, 3.63) is 56.6 Å². The lowest BCUT2D eigenvalue weighted by Crippen LogP contribution is -2.19. The van der Waals surface area contributed by atoms with Crippen molar-refractivity contribution in [2.45, 2.75) is 35.5 Å². The Morgan fingerprint density at radius 1 is 0.677 bits per heavy atom. The maximum Gasteiger partial charge on any atom is 0.293 e. The third kappa shape index (κ3) is 3.92. The maximum absolute atomic E-state index is 13.2. The lowest BCUT2D eigenvalue weighted by molar-refractivity contribution is -0.384. The molecule has 0 unspecified atom stereocenters. The van der Waals surface area contributed by atoms with Gasteiger partial charge in [-0.2, -0.15) is 0 Å². The van der Waals surface area contributed by atoms with E-state index in [1.54, 1.807) is 0 Å². The average Bonchev–Trinajstić information content (AvgIpc) is 3.47. The highest BCUT2D eigenvalue weighted by Crippen LogP contribution is 2.37. The molecule has 2 fully saturated rings. The van der Waals surface area contributed by atoms with Gasteiger partial charge in [-0.15, -0.1) is 0 Å². The first-order valence-electron chi connectivity index (χ1n) is 10.1. The summed E-state index contributed by atoms with van der Waals surface area (Å²) in [5.41, 5.74) is 0.200. The minimum absolute atomic E-state index is 0.259. The average molecular weight is 446 g/mol. The zero-order chi connectivity index (χ0) is 22.2. The second-order valence-corrected chi connectivity index (χ2v) is 9.66. The van der Waals surface area contributed by atoms with Crippen molar-refractivity contribution >= 4 is 32.6 Å². The number of nitrogens with zero attached hydrogens (tertiary/aromatic N) is 4. The zero-order valence-corrected chi connectivity index (χ0v) is 17.6. The molecule has 10 nitrogen and oxygen atoms in total. The smallest absolute Gasteiger partial charge is 0.293 e. The van der Waals surface area contributed by atoms with Crippen LogP contribution in [0.15, 0.2) is 46.2 Å². The molecule has 164 valence electrons. The number of hydrogen-bond acceptors (Lipinski definition) is 8. The van der Waals surface area contributed by atoms with E-state index < -0.39 is 19.7 Å². The van der Waals surface area contributed by atoms with Gasteiger partial charge in [-0.25, -0.2) is 8.42 Å². The third-order valence-electron chi connectivity index (χ3n) is 5.80. The predicted octanol–water partition coefficient (Wildman–Crippen LogP) is 3.54. The summed E-state index contributed by atoms with van der Waals surface area (Å²) in [5, 5.41) is 23.2. The van der Waals surface area contributed by atoms with E-state index >= 15 is 0 Å². The van der Waals surface area contributed by atoms with Gasteiger partial charge in [0.25, 0.3) is 11.4 Å². The Morgan fingerprint density at radius 2 is 1.03 bits per heavy atom. The third-order valence-corrected chi connectivity index (χ3v) is 7.55. The molecule has 0 amide bonds. The van der Waals surface area contributed by atoms with Gasteiger partial charge < -0.3 is 9.80 Å². The van der Waals surface area contributed by atoms with E-state index in [4.69, 9.17) is 0 Å². The molecule has 4 rings (SSSR count). The number of benzene rings is 2. The zero-order valence-electron chi connectivity index (χ0n) is 16.8. The predicted molar refractivity (Wildman–Crippen MR) is 115 cm³/mol. The Kier molecular flexibility index (Phi) is 5.52. The molecular formula is C20H22N4O6S. The highest BCUT2D eigenvalue weighted by molar-refractivity contribution is 7.91. The van der Waals surface area contributed by atoms with Crippen LogP contribution in [0, 0.1) is 20.2 Å². The van der Waals surface area contributed by atoms with E-state index in [1.165, 1.54) is 24.3 Å². The number of nitro groups is 2. The maximum atomic E-state index is 13.2. The van der Waals surface area contributed by atoms with Gasteiger partial charge >= 0.3 is 0 Å². The second-order valence-electron chi connectivity index (χ2n) is 7.71. The van der Waals surface area contributed by atoms with E-state index in [0.29, 0.717) is 37.6 Å². The molecule has 2 aromatic carbocycles. The lowest BCUT2D eigenvalue weighted by atomic mass is 10.2. The van der Waals surface area contributed by atoms with Crippen molar-refractivity contribution in [2.24, 2.45) is 0 Å². The largest absolute Gasteiger partial charge is 0.366 e. The number of nitro benzene ring substituents is 2. The summed E-state index contributed by atoms with van der Waals surface area (Å²) < 4.78 is 26.4. The molecule has 0 saturated carbocycles. The fraction of sp³-hybridized carbons (Fsp3) is 0.400. The molecule has 0 N–H and O–H groups in total. The van der Waals surface area contributed by atoms with Gasteiger partial charge in [0.2, 0.25) is 9.84 Å². The molecular weight excluding hydrogens is 424 g/mol. The molecule has 0 radical (unpaired) electrons. The number of anilines is 2. The van der Waals surface area contributed by atoms with Crippen LogP contribution in [0.4, 0.5) is 22.7 Å². The quantitative estimate of drug-likeness (QED) is 0.487. The minimum atomic E-state index is -4.18. The van der Waals surface area contributed by atoms with E-state index in [1.807, 2.05) is 9.80 Å². The first-order valence-corrected chi connectivity index (χ1v) is 11.6.